The molecule has 0 radical (unpaired) electrons. The van der Waals surface area contributed by atoms with Crippen molar-refractivity contribution in [2.24, 2.45) is 5.92 Å². The molecule has 3 rings (SSSR count). The van der Waals surface area contributed by atoms with Gasteiger partial charge in [-0.05, 0) is 23.5 Å². The van der Waals surface area contributed by atoms with Gasteiger partial charge in [-0.1, -0.05) is 50.2 Å². The summed E-state index contributed by atoms with van der Waals surface area (Å²) in [6.07, 6.45) is 3.72. The predicted octanol–water partition coefficient (Wildman–Crippen LogP) is 4.39. The van der Waals surface area contributed by atoms with Gasteiger partial charge in [0.2, 0.25) is 0 Å². The van der Waals surface area contributed by atoms with E-state index in [0.29, 0.717) is 23.9 Å². The summed E-state index contributed by atoms with van der Waals surface area (Å²) < 4.78 is 1.81. The molecule has 140 valence electrons. The van der Waals surface area contributed by atoms with Gasteiger partial charge < -0.3 is 9.67 Å². The monoisotopic (exact) mass is 365 g/mol. The third-order valence-corrected chi connectivity index (χ3v) is 4.41. The number of hydrogen-bond acceptors (Lipinski definition) is 4. The lowest BCUT2D eigenvalue weighted by molar-refractivity contribution is -0.384. The van der Waals surface area contributed by atoms with Gasteiger partial charge in [0.15, 0.2) is 0 Å². The molecule has 0 spiro atoms. The zero-order valence-corrected chi connectivity index (χ0v) is 15.4. The lowest BCUT2D eigenvalue weighted by Gasteiger charge is -2.15. The van der Waals surface area contributed by atoms with Crippen LogP contribution in [0.25, 0.3) is 11.4 Å². The number of benzene rings is 2. The van der Waals surface area contributed by atoms with Crippen molar-refractivity contribution in [3.05, 3.63) is 82.2 Å². The summed E-state index contributed by atoms with van der Waals surface area (Å²) in [4.78, 5) is 14.9. The first-order chi connectivity index (χ1) is 12.9. The maximum atomic E-state index is 11.0. The highest BCUT2D eigenvalue weighted by Gasteiger charge is 2.15. The Hall–Kier alpha value is -2.99. The molecule has 0 aliphatic heterocycles. The van der Waals surface area contributed by atoms with Crippen LogP contribution in [0, 0.1) is 16.0 Å². The molecule has 1 heterocycles. The van der Waals surface area contributed by atoms with Crippen LogP contribution in [0.2, 0.25) is 0 Å². The Balaban J connectivity index is 1.78. The van der Waals surface area contributed by atoms with E-state index >= 15 is 0 Å². The largest absolute Gasteiger partial charge is 0.387 e. The fraction of sp³-hybridized carbons (Fsp3) is 0.286. The SMILES string of the molecule is CC(C)Cc1ccc([C@@H](O)Cn2ccnc2-c2cccc([N+](=O)[O-])c2)cc1. The Morgan fingerprint density at radius 2 is 1.93 bits per heavy atom. The molecular weight excluding hydrogens is 342 g/mol. The van der Waals surface area contributed by atoms with Gasteiger partial charge in [0.25, 0.3) is 5.69 Å². The smallest absolute Gasteiger partial charge is 0.270 e. The van der Waals surface area contributed by atoms with E-state index in [1.807, 2.05) is 28.8 Å². The van der Waals surface area contributed by atoms with Crippen LogP contribution in [0.15, 0.2) is 60.9 Å². The van der Waals surface area contributed by atoms with E-state index in [0.717, 1.165) is 12.0 Å². The maximum Gasteiger partial charge on any atom is 0.270 e. The van der Waals surface area contributed by atoms with Gasteiger partial charge >= 0.3 is 0 Å². The second kappa shape index (κ2) is 8.14. The van der Waals surface area contributed by atoms with Gasteiger partial charge in [-0.3, -0.25) is 10.1 Å². The minimum atomic E-state index is -0.690. The number of rotatable bonds is 7. The zero-order chi connectivity index (χ0) is 19.4. The number of non-ortho nitro benzene ring substituents is 1. The fourth-order valence-electron chi connectivity index (χ4n) is 3.11. The molecule has 1 N–H and O–H groups in total. The van der Waals surface area contributed by atoms with Crippen molar-refractivity contribution in [1.82, 2.24) is 9.55 Å². The van der Waals surface area contributed by atoms with Gasteiger partial charge in [-0.2, -0.15) is 0 Å². The lowest BCUT2D eigenvalue weighted by atomic mass is 10.0. The van der Waals surface area contributed by atoms with E-state index in [2.05, 4.69) is 18.8 Å². The summed E-state index contributed by atoms with van der Waals surface area (Å²) in [7, 11) is 0. The van der Waals surface area contributed by atoms with Crippen molar-refractivity contribution in [3.63, 3.8) is 0 Å². The number of aliphatic hydroxyl groups excluding tert-OH is 1. The molecule has 0 bridgehead atoms. The number of nitrogens with zero attached hydrogens (tertiary/aromatic N) is 3. The van der Waals surface area contributed by atoms with Crippen LogP contribution in [-0.2, 0) is 13.0 Å². The molecule has 0 saturated carbocycles. The quantitative estimate of drug-likeness (QED) is 0.497. The van der Waals surface area contributed by atoms with E-state index < -0.39 is 11.0 Å². The number of aliphatic hydroxyl groups is 1. The maximum absolute atomic E-state index is 11.0. The Bertz CT molecular complexity index is 916. The van der Waals surface area contributed by atoms with Crippen molar-refractivity contribution in [2.75, 3.05) is 0 Å². The highest BCUT2D eigenvalue weighted by Crippen LogP contribution is 2.25. The summed E-state index contributed by atoms with van der Waals surface area (Å²) in [5.41, 5.74) is 2.75. The highest BCUT2D eigenvalue weighted by atomic mass is 16.6. The van der Waals surface area contributed by atoms with Crippen LogP contribution >= 0.6 is 0 Å². The van der Waals surface area contributed by atoms with Crippen LogP contribution in [0.3, 0.4) is 0 Å². The van der Waals surface area contributed by atoms with Crippen molar-refractivity contribution >= 4 is 5.69 Å². The standard InChI is InChI=1S/C21H23N3O3/c1-15(2)12-16-6-8-17(9-7-16)20(25)14-23-11-10-22-21(23)18-4-3-5-19(13-18)24(26)27/h3-11,13,15,20,25H,12,14H2,1-2H3/t20-/m0/s1. The molecule has 0 unspecified atom stereocenters. The molecule has 0 aliphatic carbocycles. The molecule has 0 fully saturated rings. The molecule has 0 amide bonds. The van der Waals surface area contributed by atoms with Crippen LogP contribution in [0.5, 0.6) is 0 Å². The first kappa shape index (κ1) is 18.8. The summed E-state index contributed by atoms with van der Waals surface area (Å²) in [6, 6.07) is 14.4. The van der Waals surface area contributed by atoms with Crippen molar-refractivity contribution < 1.29 is 10.0 Å². The summed E-state index contributed by atoms with van der Waals surface area (Å²) in [5, 5.41) is 21.6. The zero-order valence-electron chi connectivity index (χ0n) is 15.4. The van der Waals surface area contributed by atoms with Gasteiger partial charge in [-0.15, -0.1) is 0 Å². The molecule has 3 aromatic rings. The van der Waals surface area contributed by atoms with Crippen molar-refractivity contribution in [2.45, 2.75) is 32.9 Å². The van der Waals surface area contributed by atoms with Crippen LogP contribution in [0.4, 0.5) is 5.69 Å². The Kier molecular flexibility index (Phi) is 5.66. The molecule has 6 nitrogen and oxygen atoms in total. The average molecular weight is 365 g/mol. The van der Waals surface area contributed by atoms with E-state index in [-0.39, 0.29) is 5.69 Å². The minimum Gasteiger partial charge on any atom is -0.387 e. The normalized spacial score (nSPS) is 12.3. The molecule has 6 heteroatoms. The minimum absolute atomic E-state index is 0.0170. The predicted molar refractivity (Wildman–Crippen MR) is 104 cm³/mol. The van der Waals surface area contributed by atoms with Gasteiger partial charge in [0.05, 0.1) is 17.6 Å². The molecular formula is C21H23N3O3. The molecule has 1 atom stereocenters. The number of hydrogen-bond donors (Lipinski definition) is 1. The molecule has 27 heavy (non-hydrogen) atoms. The molecule has 2 aromatic carbocycles. The van der Waals surface area contributed by atoms with Crippen LogP contribution in [0.1, 0.15) is 31.1 Å². The van der Waals surface area contributed by atoms with Crippen LogP contribution in [-0.4, -0.2) is 19.6 Å². The third kappa shape index (κ3) is 4.60. The number of aromatic nitrogens is 2. The second-order valence-corrected chi connectivity index (χ2v) is 7.07. The summed E-state index contributed by atoms with van der Waals surface area (Å²) in [5.74, 6) is 1.18. The summed E-state index contributed by atoms with van der Waals surface area (Å²) >= 11 is 0. The van der Waals surface area contributed by atoms with Crippen molar-refractivity contribution in [3.8, 4) is 11.4 Å². The Labute approximate surface area is 158 Å². The van der Waals surface area contributed by atoms with Gasteiger partial charge in [0.1, 0.15) is 5.82 Å². The average Bonchev–Trinajstić information content (AvgIpc) is 3.10. The van der Waals surface area contributed by atoms with Crippen LogP contribution < -0.4 is 0 Å². The number of nitro benzene ring substituents is 1. The van der Waals surface area contributed by atoms with E-state index in [1.54, 1.807) is 24.5 Å². The van der Waals surface area contributed by atoms with E-state index in [4.69, 9.17) is 0 Å². The van der Waals surface area contributed by atoms with Gasteiger partial charge in [0, 0.05) is 30.1 Å². The molecule has 0 aliphatic rings. The van der Waals surface area contributed by atoms with Gasteiger partial charge in [-0.25, -0.2) is 4.98 Å². The molecule has 0 saturated heterocycles. The topological polar surface area (TPSA) is 81.2 Å². The number of imidazole rings is 1. The Morgan fingerprint density at radius 3 is 2.59 bits per heavy atom. The first-order valence-electron chi connectivity index (χ1n) is 8.97. The number of nitro groups is 1. The fourth-order valence-corrected chi connectivity index (χ4v) is 3.11. The molecule has 1 aromatic heterocycles. The Morgan fingerprint density at radius 1 is 1.19 bits per heavy atom. The highest BCUT2D eigenvalue weighted by molar-refractivity contribution is 5.59. The first-order valence-corrected chi connectivity index (χ1v) is 8.97. The second-order valence-electron chi connectivity index (χ2n) is 7.07. The summed E-state index contributed by atoms with van der Waals surface area (Å²) in [6.45, 7) is 4.68. The van der Waals surface area contributed by atoms with E-state index in [1.165, 1.54) is 17.7 Å². The van der Waals surface area contributed by atoms with Crippen molar-refractivity contribution in [1.29, 1.82) is 0 Å². The van der Waals surface area contributed by atoms with E-state index in [9.17, 15) is 15.2 Å². The third-order valence-electron chi connectivity index (χ3n) is 4.41. The lowest BCUT2D eigenvalue weighted by Crippen LogP contribution is -2.09.